The maximum absolute atomic E-state index is 12.2. The number of ether oxygens (including phenoxy) is 1. The lowest BCUT2D eigenvalue weighted by Gasteiger charge is -2.32. The number of hydrogen-bond acceptors (Lipinski definition) is 2. The van der Waals surface area contributed by atoms with Gasteiger partial charge in [0.05, 0.1) is 7.11 Å². The molecule has 0 heterocycles. The Morgan fingerprint density at radius 2 is 1.93 bits per heavy atom. The van der Waals surface area contributed by atoms with Gasteiger partial charge in [0.25, 0.3) is 0 Å². The molecule has 0 saturated heterocycles. The molecule has 1 aromatic carbocycles. The van der Waals surface area contributed by atoms with Crippen LogP contribution in [0.15, 0.2) is 83.0 Å². The van der Waals surface area contributed by atoms with E-state index in [2.05, 4.69) is 5.32 Å². The van der Waals surface area contributed by atoms with Crippen molar-refractivity contribution in [3.63, 3.8) is 0 Å². The highest BCUT2D eigenvalue weighted by molar-refractivity contribution is 6.00. The minimum Gasteiger partial charge on any atom is -0.497 e. The smallest absolute Gasteiger partial charge is 0.248 e. The summed E-state index contributed by atoms with van der Waals surface area (Å²) < 4.78 is 45.4. The van der Waals surface area contributed by atoms with Gasteiger partial charge in [0.2, 0.25) is 5.91 Å². The second-order valence-electron chi connectivity index (χ2n) is 8.06. The van der Waals surface area contributed by atoms with E-state index in [9.17, 15) is 4.79 Å². The summed E-state index contributed by atoms with van der Waals surface area (Å²) in [4.78, 5) is 12.2. The minimum atomic E-state index is -2.49. The van der Waals surface area contributed by atoms with Crippen molar-refractivity contribution in [3.8, 4) is 5.75 Å². The molecule has 160 valence electrons. The number of anilines is 1. The molecule has 1 N–H and O–H groups in total. The molecular weight excluding hydrogens is 370 g/mol. The van der Waals surface area contributed by atoms with E-state index in [1.165, 1.54) is 6.08 Å². The molecule has 0 unspecified atom stereocenters. The highest BCUT2D eigenvalue weighted by Crippen LogP contribution is 2.40. The third-order valence-corrected chi connectivity index (χ3v) is 5.00. The number of amides is 1. The van der Waals surface area contributed by atoms with Crippen LogP contribution in [0.3, 0.4) is 0 Å². The summed E-state index contributed by atoms with van der Waals surface area (Å²) in [5.41, 5.74) is 2.32. The molecule has 1 aliphatic carbocycles. The molecule has 0 bridgehead atoms. The lowest BCUT2D eigenvalue weighted by atomic mass is 9.72. The molecule has 1 aliphatic rings. The summed E-state index contributed by atoms with van der Waals surface area (Å²) in [6, 6.07) is 7.07. The second-order valence-corrected chi connectivity index (χ2v) is 8.06. The molecule has 30 heavy (non-hydrogen) atoms. The van der Waals surface area contributed by atoms with Crippen LogP contribution in [0, 0.1) is 5.41 Å². The zero-order valence-electron chi connectivity index (χ0n) is 23.5. The average molecular weight is 411 g/mol. The molecule has 3 heteroatoms. The van der Waals surface area contributed by atoms with Gasteiger partial charge in [0.1, 0.15) is 5.75 Å². The molecule has 0 saturated carbocycles. The number of hydrogen-bond donors (Lipinski definition) is 1. The predicted octanol–water partition coefficient (Wildman–Crippen LogP) is 7.17. The van der Waals surface area contributed by atoms with Crippen LogP contribution in [-0.4, -0.2) is 13.0 Å². The molecule has 0 radical (unpaired) electrons. The Morgan fingerprint density at radius 3 is 2.60 bits per heavy atom. The standard InChI is InChI=1S/C27H35NO2/c1-20(12-17-25-22(3)11-8-18-27(25,4)5)9-7-10-21(2)19-26(29)28-23-13-15-24(30-6)16-14-23/h7,9-10,12-17,19H,8,11,18H2,1-6H3,(H,28,29)/i3D3,11D2. The van der Waals surface area contributed by atoms with E-state index in [0.717, 1.165) is 11.1 Å². The first kappa shape index (κ1) is 16.9. The number of methoxy groups -OCH3 is 1. The van der Waals surface area contributed by atoms with Crippen molar-refractivity contribution in [2.75, 3.05) is 12.4 Å². The van der Waals surface area contributed by atoms with E-state index in [-0.39, 0.29) is 17.9 Å². The van der Waals surface area contributed by atoms with Gasteiger partial charge >= 0.3 is 0 Å². The van der Waals surface area contributed by atoms with Crippen LogP contribution < -0.4 is 10.1 Å². The Balaban J connectivity index is 2.13. The molecule has 0 atom stereocenters. The van der Waals surface area contributed by atoms with Crippen molar-refractivity contribution in [2.24, 2.45) is 5.41 Å². The van der Waals surface area contributed by atoms with E-state index in [0.29, 0.717) is 23.4 Å². The molecule has 1 aromatic rings. The number of allylic oxidation sites excluding steroid dienone is 9. The van der Waals surface area contributed by atoms with E-state index >= 15 is 0 Å². The zero-order chi connectivity index (χ0) is 26.4. The van der Waals surface area contributed by atoms with Gasteiger partial charge in [-0.25, -0.2) is 0 Å². The number of carbonyl (C=O) groups is 1. The first-order valence-corrected chi connectivity index (χ1v) is 10.1. The molecule has 0 fully saturated rings. The Hall–Kier alpha value is -2.81. The largest absolute Gasteiger partial charge is 0.497 e. The van der Waals surface area contributed by atoms with Gasteiger partial charge in [0, 0.05) is 18.6 Å². The summed E-state index contributed by atoms with van der Waals surface area (Å²) in [6.45, 7) is 5.13. The van der Waals surface area contributed by atoms with Crippen molar-refractivity contribution in [3.05, 3.63) is 83.0 Å². The van der Waals surface area contributed by atoms with Crippen molar-refractivity contribution in [2.45, 2.75) is 53.8 Å². The van der Waals surface area contributed by atoms with Gasteiger partial charge in [-0.15, -0.1) is 0 Å². The van der Waals surface area contributed by atoms with Crippen molar-refractivity contribution in [1.82, 2.24) is 0 Å². The van der Waals surface area contributed by atoms with Gasteiger partial charge in [-0.05, 0) is 80.7 Å². The van der Waals surface area contributed by atoms with Crippen molar-refractivity contribution >= 4 is 11.6 Å². The third kappa shape index (κ3) is 7.22. The highest BCUT2D eigenvalue weighted by atomic mass is 16.5. The number of carbonyl (C=O) groups excluding carboxylic acids is 1. The average Bonchev–Trinajstić information content (AvgIpc) is 2.74. The zero-order valence-corrected chi connectivity index (χ0v) is 18.5. The fraction of sp³-hybridized carbons (Fsp3) is 0.370. The molecule has 3 nitrogen and oxygen atoms in total. The summed E-state index contributed by atoms with van der Waals surface area (Å²) in [5, 5.41) is 2.80. The summed E-state index contributed by atoms with van der Waals surface area (Å²) in [5.74, 6) is 0.474. The van der Waals surface area contributed by atoms with Crippen molar-refractivity contribution in [1.29, 1.82) is 0 Å². The number of nitrogens with one attached hydrogen (secondary N) is 1. The normalized spacial score (nSPS) is 22.2. The van der Waals surface area contributed by atoms with Crippen LogP contribution >= 0.6 is 0 Å². The summed E-state index contributed by atoms with van der Waals surface area (Å²) >= 11 is 0. The Kier molecular flexibility index (Phi) is 6.11. The topological polar surface area (TPSA) is 38.3 Å². The molecule has 0 spiro atoms. The number of benzene rings is 1. The minimum absolute atomic E-state index is 0.0949. The summed E-state index contributed by atoms with van der Waals surface area (Å²) in [6.07, 6.45) is 9.44. The van der Waals surface area contributed by atoms with Crippen LogP contribution in [0.1, 0.15) is 60.6 Å². The number of rotatable bonds is 7. The fourth-order valence-electron chi connectivity index (χ4n) is 3.11. The fourth-order valence-corrected chi connectivity index (χ4v) is 3.11. The van der Waals surface area contributed by atoms with E-state index in [1.807, 2.05) is 45.9 Å². The van der Waals surface area contributed by atoms with Gasteiger partial charge in [-0.1, -0.05) is 55.4 Å². The monoisotopic (exact) mass is 410 g/mol. The molecule has 0 aromatic heterocycles. The Labute approximate surface area is 188 Å². The van der Waals surface area contributed by atoms with Crippen LogP contribution in [0.5, 0.6) is 5.75 Å². The third-order valence-electron chi connectivity index (χ3n) is 5.00. The Bertz CT molecular complexity index is 1070. The van der Waals surface area contributed by atoms with Crippen LogP contribution in [0.2, 0.25) is 0 Å². The predicted molar refractivity (Wildman–Crippen MR) is 128 cm³/mol. The maximum atomic E-state index is 12.2. The lowest BCUT2D eigenvalue weighted by Crippen LogP contribution is -2.19. The lowest BCUT2D eigenvalue weighted by molar-refractivity contribution is -0.111. The van der Waals surface area contributed by atoms with Crippen molar-refractivity contribution < 1.29 is 16.4 Å². The van der Waals surface area contributed by atoms with E-state index < -0.39 is 18.6 Å². The molecule has 0 aliphatic heterocycles. The SMILES string of the molecule is [2H]C([2H])([2H])C1=C(C=CC(C)=CC=CC(C)=CC(=O)Nc2ccc(OC)cc2)C(C)(C)CCC1([2H])[2H]. The first-order chi connectivity index (χ1) is 16.2. The molecule has 2 rings (SSSR count). The van der Waals surface area contributed by atoms with Gasteiger partial charge in [-0.3, -0.25) is 4.79 Å². The van der Waals surface area contributed by atoms with E-state index in [1.54, 1.807) is 43.5 Å². The van der Waals surface area contributed by atoms with Crippen LogP contribution in [0.4, 0.5) is 5.69 Å². The van der Waals surface area contributed by atoms with Gasteiger partial charge in [0.15, 0.2) is 0 Å². The first-order valence-electron chi connectivity index (χ1n) is 12.6. The van der Waals surface area contributed by atoms with Gasteiger partial charge < -0.3 is 10.1 Å². The summed E-state index contributed by atoms with van der Waals surface area (Å²) in [7, 11) is 1.58. The quantitative estimate of drug-likeness (QED) is 0.382. The maximum Gasteiger partial charge on any atom is 0.248 e. The second kappa shape index (κ2) is 10.8. The highest BCUT2D eigenvalue weighted by Gasteiger charge is 2.26. The van der Waals surface area contributed by atoms with E-state index in [4.69, 9.17) is 11.6 Å². The van der Waals surface area contributed by atoms with Gasteiger partial charge in [-0.2, -0.15) is 0 Å². The molecule has 1 amide bonds. The van der Waals surface area contributed by atoms with Crippen LogP contribution in [-0.2, 0) is 4.79 Å². The Morgan fingerprint density at radius 1 is 1.20 bits per heavy atom. The van der Waals surface area contributed by atoms with Crippen LogP contribution in [0.25, 0.3) is 0 Å². The molecular formula is C27H35NO2.